The van der Waals surface area contributed by atoms with Gasteiger partial charge in [0.2, 0.25) is 0 Å². The minimum absolute atomic E-state index is 0.171. The summed E-state index contributed by atoms with van der Waals surface area (Å²) in [5.74, 6) is -11.2. The van der Waals surface area contributed by atoms with Gasteiger partial charge in [-0.3, -0.25) is 9.59 Å². The number of benzene rings is 3. The number of carbonyl (C=O) groups is 2. The van der Waals surface area contributed by atoms with Crippen molar-refractivity contribution in [2.24, 2.45) is 5.73 Å². The normalized spacial score (nSPS) is 12.1. The molecular formula is C24H15F9N2O5. The summed E-state index contributed by atoms with van der Waals surface area (Å²) >= 11 is 0. The molecule has 0 aliphatic rings. The van der Waals surface area contributed by atoms with Crippen LogP contribution >= 0.6 is 0 Å². The van der Waals surface area contributed by atoms with Crippen molar-refractivity contribution in [2.45, 2.75) is 18.5 Å². The van der Waals surface area contributed by atoms with Gasteiger partial charge in [0.1, 0.15) is 17.3 Å². The third-order valence-corrected chi connectivity index (χ3v) is 5.02. The van der Waals surface area contributed by atoms with Gasteiger partial charge in [-0.25, -0.2) is 4.39 Å². The number of methoxy groups -OCH3 is 1. The lowest BCUT2D eigenvalue weighted by molar-refractivity contribution is -0.289. The fraction of sp³-hybridized carbons (Fsp3) is 0.167. The first-order valence-corrected chi connectivity index (χ1v) is 10.5. The van der Waals surface area contributed by atoms with Crippen LogP contribution in [0.25, 0.3) is 0 Å². The van der Waals surface area contributed by atoms with Crippen molar-refractivity contribution in [1.82, 2.24) is 0 Å². The maximum atomic E-state index is 14.1. The second-order valence-electron chi connectivity index (χ2n) is 7.76. The molecule has 40 heavy (non-hydrogen) atoms. The molecule has 3 N–H and O–H groups in total. The molecule has 0 saturated carbocycles. The highest BCUT2D eigenvalue weighted by atomic mass is 19.4. The molecule has 0 heterocycles. The Labute approximate surface area is 218 Å². The second-order valence-corrected chi connectivity index (χ2v) is 7.76. The van der Waals surface area contributed by atoms with Crippen molar-refractivity contribution in [3.63, 3.8) is 0 Å². The summed E-state index contributed by atoms with van der Waals surface area (Å²) in [6, 6.07) is 5.93. The molecule has 0 radical (unpaired) electrons. The molecule has 3 aromatic rings. The van der Waals surface area contributed by atoms with Crippen LogP contribution in [0.3, 0.4) is 0 Å². The number of halogens is 9. The van der Waals surface area contributed by atoms with Crippen LogP contribution in [0.15, 0.2) is 54.6 Å². The molecular weight excluding hydrogens is 567 g/mol. The van der Waals surface area contributed by atoms with Gasteiger partial charge in [0.15, 0.2) is 11.5 Å². The van der Waals surface area contributed by atoms with Crippen LogP contribution in [0, 0.1) is 5.82 Å². The number of hydrogen-bond donors (Lipinski definition) is 2. The van der Waals surface area contributed by atoms with Crippen LogP contribution in [-0.4, -0.2) is 31.5 Å². The summed E-state index contributed by atoms with van der Waals surface area (Å²) in [5, 5.41) is 2.09. The summed E-state index contributed by atoms with van der Waals surface area (Å²) in [6.45, 7) is 0. The monoisotopic (exact) mass is 582 g/mol. The predicted molar refractivity (Wildman–Crippen MR) is 119 cm³/mol. The largest absolute Gasteiger partial charge is 0.573 e. The smallest absolute Gasteiger partial charge is 0.493 e. The average molecular weight is 582 g/mol. The van der Waals surface area contributed by atoms with Crippen LogP contribution in [0.2, 0.25) is 0 Å². The van der Waals surface area contributed by atoms with Crippen LogP contribution in [0.5, 0.6) is 23.0 Å². The van der Waals surface area contributed by atoms with Crippen LogP contribution in [0.4, 0.5) is 45.2 Å². The van der Waals surface area contributed by atoms with E-state index in [0.29, 0.717) is 12.1 Å². The molecule has 0 aliphatic heterocycles. The maximum absolute atomic E-state index is 14.1. The number of amides is 2. The van der Waals surface area contributed by atoms with Crippen molar-refractivity contribution in [3.8, 4) is 23.0 Å². The Hall–Kier alpha value is -4.63. The Morgan fingerprint density at radius 2 is 1.45 bits per heavy atom. The molecule has 0 atom stereocenters. The number of anilines is 1. The zero-order chi connectivity index (χ0) is 30.0. The predicted octanol–water partition coefficient (Wildman–Crippen LogP) is 6.53. The molecule has 2 amide bonds. The van der Waals surface area contributed by atoms with Gasteiger partial charge in [-0.05, 0) is 48.5 Å². The Balaban J connectivity index is 2.07. The maximum Gasteiger partial charge on any atom is 0.573 e. The number of rotatable bonds is 8. The van der Waals surface area contributed by atoms with E-state index >= 15 is 0 Å². The highest BCUT2D eigenvalue weighted by Gasteiger charge is 2.58. The zero-order valence-electron chi connectivity index (χ0n) is 19.7. The van der Waals surface area contributed by atoms with Crippen molar-refractivity contribution < 1.29 is 63.3 Å². The second kappa shape index (κ2) is 10.9. The molecule has 214 valence electrons. The summed E-state index contributed by atoms with van der Waals surface area (Å²) in [7, 11) is 1.02. The zero-order valence-corrected chi connectivity index (χ0v) is 19.7. The summed E-state index contributed by atoms with van der Waals surface area (Å²) in [5.41, 5.74) is 1.49. The topological polar surface area (TPSA) is 99.9 Å². The molecule has 0 aliphatic carbocycles. The van der Waals surface area contributed by atoms with Crippen molar-refractivity contribution >= 4 is 17.5 Å². The van der Waals surface area contributed by atoms with E-state index in [2.05, 4.69) is 10.1 Å². The Kier molecular flexibility index (Phi) is 8.12. The first-order valence-electron chi connectivity index (χ1n) is 10.5. The molecule has 7 nitrogen and oxygen atoms in total. The van der Waals surface area contributed by atoms with E-state index < -0.39 is 70.0 Å². The SMILES string of the molecule is COc1cc(OC(F)(F)F)ccc1Oc1ccc(C(F)(F)C(F)(F)F)cc1C(=O)Nc1ccc(F)c(C(N)=O)c1. The van der Waals surface area contributed by atoms with Gasteiger partial charge in [-0.1, -0.05) is 0 Å². The fourth-order valence-electron chi connectivity index (χ4n) is 3.19. The molecule has 0 aromatic heterocycles. The van der Waals surface area contributed by atoms with E-state index in [4.69, 9.17) is 15.2 Å². The Morgan fingerprint density at radius 1 is 0.800 bits per heavy atom. The third-order valence-electron chi connectivity index (χ3n) is 5.02. The number of ether oxygens (including phenoxy) is 3. The van der Waals surface area contributed by atoms with Gasteiger partial charge in [0, 0.05) is 17.3 Å². The molecule has 16 heteroatoms. The van der Waals surface area contributed by atoms with Gasteiger partial charge >= 0.3 is 18.5 Å². The van der Waals surface area contributed by atoms with Crippen LogP contribution < -0.4 is 25.3 Å². The van der Waals surface area contributed by atoms with Gasteiger partial charge in [0.25, 0.3) is 11.8 Å². The Bertz CT molecular complexity index is 1440. The third kappa shape index (κ3) is 6.68. The van der Waals surface area contributed by atoms with Crippen LogP contribution in [0.1, 0.15) is 26.3 Å². The summed E-state index contributed by atoms with van der Waals surface area (Å²) in [4.78, 5) is 24.4. The fourth-order valence-corrected chi connectivity index (χ4v) is 3.19. The van der Waals surface area contributed by atoms with Crippen molar-refractivity contribution in [3.05, 3.63) is 77.1 Å². The van der Waals surface area contributed by atoms with Crippen LogP contribution in [-0.2, 0) is 5.92 Å². The number of nitrogens with two attached hydrogens (primary N) is 1. The molecule has 0 saturated heterocycles. The molecule has 0 spiro atoms. The minimum atomic E-state index is -6.05. The van der Waals surface area contributed by atoms with Gasteiger partial charge in [-0.2, -0.15) is 22.0 Å². The number of carbonyl (C=O) groups excluding carboxylic acids is 2. The average Bonchev–Trinajstić information content (AvgIpc) is 2.84. The summed E-state index contributed by atoms with van der Waals surface area (Å²) < 4.78 is 133. The molecule has 3 aromatic carbocycles. The molecule has 0 unspecified atom stereocenters. The van der Waals surface area contributed by atoms with Crippen molar-refractivity contribution in [1.29, 1.82) is 0 Å². The first kappa shape index (κ1) is 29.9. The first-order chi connectivity index (χ1) is 18.4. The van der Waals surface area contributed by atoms with Gasteiger partial charge < -0.3 is 25.3 Å². The molecule has 0 bridgehead atoms. The van der Waals surface area contributed by atoms with Gasteiger partial charge in [-0.15, -0.1) is 13.2 Å². The highest BCUT2D eigenvalue weighted by Crippen LogP contribution is 2.45. The number of hydrogen-bond acceptors (Lipinski definition) is 5. The van der Waals surface area contributed by atoms with E-state index in [1.807, 2.05) is 0 Å². The number of primary amides is 1. The van der Waals surface area contributed by atoms with E-state index in [9.17, 15) is 49.1 Å². The van der Waals surface area contributed by atoms with Crippen molar-refractivity contribution in [2.75, 3.05) is 12.4 Å². The number of nitrogens with one attached hydrogen (secondary N) is 1. The lowest BCUT2D eigenvalue weighted by atomic mass is 10.0. The highest BCUT2D eigenvalue weighted by molar-refractivity contribution is 6.07. The van der Waals surface area contributed by atoms with Gasteiger partial charge in [0.05, 0.1) is 18.2 Å². The molecule has 3 rings (SSSR count). The minimum Gasteiger partial charge on any atom is -0.493 e. The van der Waals surface area contributed by atoms with E-state index in [0.717, 1.165) is 43.5 Å². The Morgan fingerprint density at radius 3 is 2.02 bits per heavy atom. The number of alkyl halides is 8. The lowest BCUT2D eigenvalue weighted by Gasteiger charge is -2.21. The lowest BCUT2D eigenvalue weighted by Crippen LogP contribution is -2.34. The summed E-state index contributed by atoms with van der Waals surface area (Å²) in [6.07, 6.45) is -11.1. The van der Waals surface area contributed by atoms with E-state index in [1.54, 1.807) is 0 Å². The van der Waals surface area contributed by atoms with E-state index in [-0.39, 0.29) is 17.5 Å². The van der Waals surface area contributed by atoms with E-state index in [1.165, 1.54) is 0 Å². The standard InChI is InChI=1S/C24H15F9N2O5/c1-38-19-10-13(40-24(31,32)33)4-7-18(19)39-17-6-2-11(22(26,27)23(28,29)30)8-15(17)21(37)35-12-3-5-16(25)14(9-12)20(34)36/h2-10H,1H3,(H2,34,36)(H,35,37). The quantitative estimate of drug-likeness (QED) is 0.294. The molecule has 0 fully saturated rings.